The second kappa shape index (κ2) is 9.90. The van der Waals surface area contributed by atoms with Crippen molar-refractivity contribution in [1.82, 2.24) is 5.32 Å². The van der Waals surface area contributed by atoms with E-state index in [4.69, 9.17) is 0 Å². The van der Waals surface area contributed by atoms with Gasteiger partial charge in [0.2, 0.25) is 5.91 Å². The summed E-state index contributed by atoms with van der Waals surface area (Å²) in [5, 5.41) is 2.88. The van der Waals surface area contributed by atoms with Crippen molar-refractivity contribution >= 4 is 17.7 Å². The number of nitrogens with one attached hydrogen (secondary N) is 1. The smallest absolute Gasteiger partial charge is 0.219 e. The molecule has 0 unspecified atom stereocenters. The molecule has 0 heterocycles. The molecule has 0 atom stereocenters. The fourth-order valence-electron chi connectivity index (χ4n) is 1.08. The van der Waals surface area contributed by atoms with Crippen molar-refractivity contribution in [2.45, 2.75) is 39.0 Å². The van der Waals surface area contributed by atoms with Crippen LogP contribution in [-0.2, 0) is 4.79 Å². The van der Waals surface area contributed by atoms with Gasteiger partial charge in [0.1, 0.15) is 0 Å². The van der Waals surface area contributed by atoms with Crippen LogP contribution in [0.3, 0.4) is 0 Å². The number of thioether (sulfide) groups is 1. The molecule has 0 spiro atoms. The predicted molar refractivity (Wildman–Crippen MR) is 60.2 cm³/mol. The van der Waals surface area contributed by atoms with Crippen LogP contribution in [0.5, 0.6) is 0 Å². The molecule has 1 amide bonds. The summed E-state index contributed by atoms with van der Waals surface area (Å²) in [7, 11) is 0. The van der Waals surface area contributed by atoms with Gasteiger partial charge < -0.3 is 5.32 Å². The Balaban J connectivity index is 2.95. The Morgan fingerprint density at radius 3 is 2.54 bits per heavy atom. The van der Waals surface area contributed by atoms with Gasteiger partial charge in [0.25, 0.3) is 0 Å². The Morgan fingerprint density at radius 2 is 1.92 bits per heavy atom. The van der Waals surface area contributed by atoms with Gasteiger partial charge in [-0.2, -0.15) is 11.8 Å². The Kier molecular flexibility index (Phi) is 9.77. The molecule has 3 heteroatoms. The molecule has 2 nitrogen and oxygen atoms in total. The van der Waals surface area contributed by atoms with Crippen molar-refractivity contribution < 1.29 is 4.79 Å². The van der Waals surface area contributed by atoms with Gasteiger partial charge in [-0.25, -0.2) is 0 Å². The van der Waals surface area contributed by atoms with Crippen LogP contribution < -0.4 is 5.32 Å². The van der Waals surface area contributed by atoms with Crippen molar-refractivity contribution in [1.29, 1.82) is 0 Å². The highest BCUT2D eigenvalue weighted by Crippen LogP contribution is 2.03. The van der Waals surface area contributed by atoms with E-state index in [1.807, 2.05) is 18.7 Å². The van der Waals surface area contributed by atoms with Crippen LogP contribution in [0.2, 0.25) is 0 Å². The van der Waals surface area contributed by atoms with Gasteiger partial charge in [0.05, 0.1) is 0 Å². The maximum Gasteiger partial charge on any atom is 0.219 e. The Morgan fingerprint density at radius 1 is 1.23 bits per heavy atom. The average Bonchev–Trinajstić information content (AvgIpc) is 2.16. The first kappa shape index (κ1) is 12.8. The lowest BCUT2D eigenvalue weighted by atomic mass is 10.2. The van der Waals surface area contributed by atoms with Crippen molar-refractivity contribution in [3.05, 3.63) is 0 Å². The molecule has 1 N–H and O–H groups in total. The summed E-state index contributed by atoms with van der Waals surface area (Å²) in [4.78, 5) is 10.8. The second-order valence-corrected chi connectivity index (χ2v) is 4.10. The lowest BCUT2D eigenvalue weighted by Crippen LogP contribution is -2.23. The normalized spacial score (nSPS) is 10.0. The number of amides is 1. The molecule has 0 aliphatic rings. The van der Waals surface area contributed by atoms with E-state index < -0.39 is 0 Å². The number of carbonyl (C=O) groups excluding carboxylic acids is 1. The third-order valence-corrected chi connectivity index (χ3v) is 2.62. The SMILES string of the molecule is CCC(=O)NCCCCCCSC. The summed E-state index contributed by atoms with van der Waals surface area (Å²) in [5.41, 5.74) is 0. The molecule has 0 aromatic heterocycles. The molecule has 0 saturated carbocycles. The van der Waals surface area contributed by atoms with E-state index in [2.05, 4.69) is 11.6 Å². The zero-order valence-corrected chi connectivity index (χ0v) is 9.58. The molecule has 0 fully saturated rings. The Hall–Kier alpha value is -0.180. The maximum absolute atomic E-state index is 10.8. The number of hydrogen-bond acceptors (Lipinski definition) is 2. The van der Waals surface area contributed by atoms with E-state index in [-0.39, 0.29) is 5.91 Å². The van der Waals surface area contributed by atoms with Crippen molar-refractivity contribution in [2.75, 3.05) is 18.6 Å². The molecule has 0 aliphatic carbocycles. The zero-order chi connectivity index (χ0) is 9.94. The molecule has 0 bridgehead atoms. The first-order chi connectivity index (χ1) is 6.31. The van der Waals surface area contributed by atoms with E-state index in [9.17, 15) is 4.79 Å². The van der Waals surface area contributed by atoms with Crippen LogP contribution in [0.4, 0.5) is 0 Å². The van der Waals surface area contributed by atoms with Crippen LogP contribution in [0, 0.1) is 0 Å². The largest absolute Gasteiger partial charge is 0.356 e. The minimum absolute atomic E-state index is 0.170. The van der Waals surface area contributed by atoms with Crippen molar-refractivity contribution in [2.24, 2.45) is 0 Å². The quantitative estimate of drug-likeness (QED) is 0.614. The van der Waals surface area contributed by atoms with E-state index in [0.29, 0.717) is 6.42 Å². The Labute approximate surface area is 85.9 Å². The number of unbranched alkanes of at least 4 members (excludes halogenated alkanes) is 3. The average molecular weight is 203 g/mol. The Bertz CT molecular complexity index is 128. The number of hydrogen-bond donors (Lipinski definition) is 1. The third kappa shape index (κ3) is 9.74. The molecule has 13 heavy (non-hydrogen) atoms. The summed E-state index contributed by atoms with van der Waals surface area (Å²) in [6.07, 6.45) is 7.71. The fourth-order valence-corrected chi connectivity index (χ4v) is 1.57. The van der Waals surface area contributed by atoms with Gasteiger partial charge in [-0.3, -0.25) is 4.79 Å². The minimum atomic E-state index is 0.170. The fraction of sp³-hybridized carbons (Fsp3) is 0.900. The standard InChI is InChI=1S/C10H21NOS/c1-3-10(12)11-8-6-4-5-7-9-13-2/h3-9H2,1-2H3,(H,11,12). The van der Waals surface area contributed by atoms with E-state index in [1.165, 1.54) is 25.0 Å². The second-order valence-electron chi connectivity index (χ2n) is 3.11. The van der Waals surface area contributed by atoms with Gasteiger partial charge in [0.15, 0.2) is 0 Å². The van der Waals surface area contributed by atoms with E-state index >= 15 is 0 Å². The molecule has 78 valence electrons. The predicted octanol–water partition coefficient (Wildman–Crippen LogP) is 2.44. The van der Waals surface area contributed by atoms with Crippen LogP contribution >= 0.6 is 11.8 Å². The first-order valence-electron chi connectivity index (χ1n) is 5.07. The van der Waals surface area contributed by atoms with E-state index in [0.717, 1.165) is 13.0 Å². The summed E-state index contributed by atoms with van der Waals surface area (Å²) in [5.74, 6) is 1.44. The van der Waals surface area contributed by atoms with E-state index in [1.54, 1.807) is 0 Å². The summed E-state index contributed by atoms with van der Waals surface area (Å²) in [6.45, 7) is 2.74. The van der Waals surface area contributed by atoms with Gasteiger partial charge in [0, 0.05) is 13.0 Å². The number of rotatable bonds is 8. The lowest BCUT2D eigenvalue weighted by molar-refractivity contribution is -0.120. The number of carbonyl (C=O) groups is 1. The lowest BCUT2D eigenvalue weighted by Gasteiger charge is -2.02. The molecule has 0 aliphatic heterocycles. The minimum Gasteiger partial charge on any atom is -0.356 e. The highest BCUT2D eigenvalue weighted by atomic mass is 32.2. The monoisotopic (exact) mass is 203 g/mol. The van der Waals surface area contributed by atoms with Gasteiger partial charge in [-0.1, -0.05) is 19.8 Å². The molecule has 0 rings (SSSR count). The summed E-state index contributed by atoms with van der Waals surface area (Å²) >= 11 is 1.90. The molecule has 0 aromatic rings. The molecule has 0 radical (unpaired) electrons. The van der Waals surface area contributed by atoms with Crippen molar-refractivity contribution in [3.8, 4) is 0 Å². The maximum atomic E-state index is 10.8. The highest BCUT2D eigenvalue weighted by Gasteiger charge is 1.94. The van der Waals surface area contributed by atoms with Crippen LogP contribution in [0.15, 0.2) is 0 Å². The third-order valence-electron chi connectivity index (χ3n) is 1.92. The summed E-state index contributed by atoms with van der Waals surface area (Å²) in [6, 6.07) is 0. The van der Waals surface area contributed by atoms with Crippen LogP contribution in [0.1, 0.15) is 39.0 Å². The highest BCUT2D eigenvalue weighted by molar-refractivity contribution is 7.98. The zero-order valence-electron chi connectivity index (χ0n) is 8.77. The van der Waals surface area contributed by atoms with Crippen LogP contribution in [0.25, 0.3) is 0 Å². The summed E-state index contributed by atoms with van der Waals surface area (Å²) < 4.78 is 0. The van der Waals surface area contributed by atoms with Crippen LogP contribution in [-0.4, -0.2) is 24.5 Å². The molecule has 0 saturated heterocycles. The molecule has 0 aromatic carbocycles. The van der Waals surface area contributed by atoms with Gasteiger partial charge in [-0.05, 0) is 24.9 Å². The molecular formula is C10H21NOS. The van der Waals surface area contributed by atoms with Gasteiger partial charge >= 0.3 is 0 Å². The first-order valence-corrected chi connectivity index (χ1v) is 6.46. The van der Waals surface area contributed by atoms with Gasteiger partial charge in [-0.15, -0.1) is 0 Å². The van der Waals surface area contributed by atoms with Crippen molar-refractivity contribution in [3.63, 3.8) is 0 Å². The topological polar surface area (TPSA) is 29.1 Å². The molecular weight excluding hydrogens is 182 g/mol.